The second-order valence-electron chi connectivity index (χ2n) is 5.23. The summed E-state index contributed by atoms with van der Waals surface area (Å²) in [5, 5.41) is 10.0. The van der Waals surface area contributed by atoms with Crippen LogP contribution in [-0.4, -0.2) is 25.5 Å². The fourth-order valence-corrected chi connectivity index (χ4v) is 2.83. The van der Waals surface area contributed by atoms with Crippen LogP contribution in [0.15, 0.2) is 24.3 Å². The van der Waals surface area contributed by atoms with Crippen LogP contribution < -0.4 is 0 Å². The minimum Gasteiger partial charge on any atom is -0.388 e. The normalized spacial score (nSPS) is 17.7. The van der Waals surface area contributed by atoms with Gasteiger partial charge < -0.3 is 5.11 Å². The van der Waals surface area contributed by atoms with Crippen LogP contribution in [0.4, 0.5) is 0 Å². The van der Waals surface area contributed by atoms with Gasteiger partial charge in [-0.05, 0) is 42.7 Å². The van der Waals surface area contributed by atoms with Gasteiger partial charge in [0.15, 0.2) is 0 Å². The molecule has 2 rings (SSSR count). The molecule has 0 heterocycles. The summed E-state index contributed by atoms with van der Waals surface area (Å²) < 4.78 is 22.0. The van der Waals surface area contributed by atoms with Gasteiger partial charge in [-0.3, -0.25) is 0 Å². The van der Waals surface area contributed by atoms with Crippen molar-refractivity contribution in [3.05, 3.63) is 35.4 Å². The van der Waals surface area contributed by atoms with Gasteiger partial charge in [-0.15, -0.1) is 0 Å². The van der Waals surface area contributed by atoms with Crippen molar-refractivity contribution in [3.63, 3.8) is 0 Å². The van der Waals surface area contributed by atoms with Gasteiger partial charge in [0, 0.05) is 12.0 Å². The molecule has 0 aliphatic heterocycles. The fraction of sp³-hybridized carbons (Fsp3) is 0.571. The number of aliphatic hydroxyl groups excluding tert-OH is 1. The highest BCUT2D eigenvalue weighted by Crippen LogP contribution is 2.40. The maximum Gasteiger partial charge on any atom is 0.147 e. The van der Waals surface area contributed by atoms with Crippen molar-refractivity contribution in [1.82, 2.24) is 0 Å². The fourth-order valence-electron chi connectivity index (χ4n) is 2.14. The molecule has 4 heteroatoms. The second kappa shape index (κ2) is 5.41. The van der Waals surface area contributed by atoms with E-state index in [0.717, 1.165) is 5.56 Å². The minimum absolute atomic E-state index is 0.145. The molecule has 3 nitrogen and oxygen atoms in total. The predicted octanol–water partition coefficient (Wildman–Crippen LogP) is 2.42. The highest BCUT2D eigenvalue weighted by atomic mass is 32.2. The van der Waals surface area contributed by atoms with E-state index in [0.29, 0.717) is 18.8 Å². The lowest BCUT2D eigenvalue weighted by Crippen LogP contribution is -2.06. The first kappa shape index (κ1) is 13.6. The van der Waals surface area contributed by atoms with Crippen molar-refractivity contribution in [1.29, 1.82) is 0 Å². The average molecular weight is 268 g/mol. The van der Waals surface area contributed by atoms with E-state index in [1.165, 1.54) is 24.7 Å². The zero-order chi connectivity index (χ0) is 13.2. The highest BCUT2D eigenvalue weighted by molar-refractivity contribution is 7.90. The Hall–Kier alpha value is -0.870. The third kappa shape index (κ3) is 4.10. The molecule has 1 aliphatic rings. The van der Waals surface area contributed by atoms with Gasteiger partial charge >= 0.3 is 0 Å². The van der Waals surface area contributed by atoms with Crippen LogP contribution in [0, 0.1) is 0 Å². The molecule has 0 spiro atoms. The van der Waals surface area contributed by atoms with Crippen LogP contribution in [0.1, 0.15) is 48.8 Å². The molecule has 1 aromatic rings. The SMILES string of the molecule is CS(=O)(=O)CCCC(O)c1cccc(C2CC2)c1. The summed E-state index contributed by atoms with van der Waals surface area (Å²) >= 11 is 0. The monoisotopic (exact) mass is 268 g/mol. The molecule has 1 atom stereocenters. The van der Waals surface area contributed by atoms with Gasteiger partial charge in [0.05, 0.1) is 6.10 Å². The molecular weight excluding hydrogens is 248 g/mol. The lowest BCUT2D eigenvalue weighted by molar-refractivity contribution is 0.166. The van der Waals surface area contributed by atoms with Crippen LogP contribution in [0.5, 0.6) is 0 Å². The smallest absolute Gasteiger partial charge is 0.147 e. The van der Waals surface area contributed by atoms with Gasteiger partial charge in [0.1, 0.15) is 9.84 Å². The minimum atomic E-state index is -2.92. The van der Waals surface area contributed by atoms with Crippen molar-refractivity contribution < 1.29 is 13.5 Å². The van der Waals surface area contributed by atoms with Crippen molar-refractivity contribution in [2.75, 3.05) is 12.0 Å². The van der Waals surface area contributed by atoms with Crippen LogP contribution in [0.2, 0.25) is 0 Å². The van der Waals surface area contributed by atoms with Crippen molar-refractivity contribution in [2.24, 2.45) is 0 Å². The third-order valence-corrected chi connectivity index (χ3v) is 4.37. The standard InChI is InChI=1S/C14H20O3S/c1-18(16,17)9-3-6-14(15)13-5-2-4-12(10-13)11-7-8-11/h2,4-5,10-11,14-15H,3,6-9H2,1H3. The Morgan fingerprint density at radius 2 is 2.11 bits per heavy atom. The van der Waals surface area contributed by atoms with E-state index in [-0.39, 0.29) is 5.75 Å². The van der Waals surface area contributed by atoms with E-state index in [1.807, 2.05) is 12.1 Å². The molecule has 18 heavy (non-hydrogen) atoms. The molecule has 0 saturated heterocycles. The summed E-state index contributed by atoms with van der Waals surface area (Å²) in [4.78, 5) is 0. The van der Waals surface area contributed by atoms with Crippen molar-refractivity contribution >= 4 is 9.84 Å². The third-order valence-electron chi connectivity index (χ3n) is 3.34. The van der Waals surface area contributed by atoms with Gasteiger partial charge in [0.25, 0.3) is 0 Å². The first-order valence-corrected chi connectivity index (χ1v) is 8.47. The summed E-state index contributed by atoms with van der Waals surface area (Å²) in [6.07, 6.45) is 4.17. The second-order valence-corrected chi connectivity index (χ2v) is 7.49. The molecule has 1 fully saturated rings. The Morgan fingerprint density at radius 3 is 2.72 bits per heavy atom. The molecule has 0 aromatic heterocycles. The molecule has 100 valence electrons. The lowest BCUT2D eigenvalue weighted by atomic mass is 10.0. The van der Waals surface area contributed by atoms with Gasteiger partial charge in [0.2, 0.25) is 0 Å². The zero-order valence-corrected chi connectivity index (χ0v) is 11.5. The van der Waals surface area contributed by atoms with Gasteiger partial charge in [-0.1, -0.05) is 24.3 Å². The molecule has 0 amide bonds. The van der Waals surface area contributed by atoms with Crippen molar-refractivity contribution in [2.45, 2.75) is 37.7 Å². The molecule has 1 aromatic carbocycles. The maximum absolute atomic E-state index is 11.0. The maximum atomic E-state index is 11.0. The Labute approximate surface area is 109 Å². The van der Waals surface area contributed by atoms with Gasteiger partial charge in [-0.2, -0.15) is 0 Å². The zero-order valence-electron chi connectivity index (χ0n) is 10.7. The molecule has 1 aliphatic carbocycles. The summed E-state index contributed by atoms with van der Waals surface area (Å²) in [5.74, 6) is 0.819. The van der Waals surface area contributed by atoms with Crippen LogP contribution in [0.3, 0.4) is 0 Å². The first-order valence-electron chi connectivity index (χ1n) is 6.41. The number of benzene rings is 1. The Kier molecular flexibility index (Phi) is 4.07. The lowest BCUT2D eigenvalue weighted by Gasteiger charge is -2.12. The Morgan fingerprint density at radius 1 is 1.39 bits per heavy atom. The Bertz CT molecular complexity index is 504. The molecule has 1 N–H and O–H groups in total. The van der Waals surface area contributed by atoms with Crippen LogP contribution in [0.25, 0.3) is 0 Å². The van der Waals surface area contributed by atoms with Crippen molar-refractivity contribution in [3.8, 4) is 0 Å². The van der Waals surface area contributed by atoms with Crippen LogP contribution in [-0.2, 0) is 9.84 Å². The van der Waals surface area contributed by atoms with E-state index >= 15 is 0 Å². The summed E-state index contributed by atoms with van der Waals surface area (Å²) in [6, 6.07) is 8.05. The highest BCUT2D eigenvalue weighted by Gasteiger charge is 2.23. The topological polar surface area (TPSA) is 54.4 Å². The van der Waals surface area contributed by atoms with Gasteiger partial charge in [-0.25, -0.2) is 8.42 Å². The Balaban J connectivity index is 1.91. The molecule has 0 radical (unpaired) electrons. The predicted molar refractivity (Wildman–Crippen MR) is 72.3 cm³/mol. The number of hydrogen-bond donors (Lipinski definition) is 1. The summed E-state index contributed by atoms with van der Waals surface area (Å²) in [6.45, 7) is 0. The molecular formula is C14H20O3S. The van der Waals surface area contributed by atoms with Crippen LogP contribution >= 0.6 is 0 Å². The average Bonchev–Trinajstić information content (AvgIpc) is 3.11. The van der Waals surface area contributed by atoms with E-state index < -0.39 is 15.9 Å². The van der Waals surface area contributed by atoms with E-state index in [9.17, 15) is 13.5 Å². The molecule has 1 unspecified atom stereocenters. The van der Waals surface area contributed by atoms with E-state index in [1.54, 1.807) is 0 Å². The molecule has 0 bridgehead atoms. The van der Waals surface area contributed by atoms with E-state index in [4.69, 9.17) is 0 Å². The summed E-state index contributed by atoms with van der Waals surface area (Å²) in [7, 11) is -2.92. The number of rotatable bonds is 6. The number of sulfone groups is 1. The number of aliphatic hydroxyl groups is 1. The first-order chi connectivity index (χ1) is 8.46. The summed E-state index contributed by atoms with van der Waals surface area (Å²) in [5.41, 5.74) is 2.21. The largest absolute Gasteiger partial charge is 0.388 e. The number of hydrogen-bond acceptors (Lipinski definition) is 3. The molecule has 1 saturated carbocycles. The quantitative estimate of drug-likeness (QED) is 0.862. The van der Waals surface area contributed by atoms with E-state index in [2.05, 4.69) is 12.1 Å².